The molecule has 96 valence electrons. The Labute approximate surface area is 117 Å². The highest BCUT2D eigenvalue weighted by molar-refractivity contribution is 7.09. The Morgan fingerprint density at radius 3 is 2.68 bits per heavy atom. The molecule has 0 radical (unpaired) electrons. The lowest BCUT2D eigenvalue weighted by atomic mass is 10.1. The largest absolute Gasteiger partial charge is 0.288 e. The zero-order valence-electron chi connectivity index (χ0n) is 10.9. The summed E-state index contributed by atoms with van der Waals surface area (Å²) in [5, 5.41) is 12.0. The first-order chi connectivity index (χ1) is 9.20. The lowest BCUT2D eigenvalue weighted by molar-refractivity contribution is 0.819. The van der Waals surface area contributed by atoms with Gasteiger partial charge >= 0.3 is 0 Å². The van der Waals surface area contributed by atoms with Gasteiger partial charge in [0.25, 0.3) is 0 Å². The smallest absolute Gasteiger partial charge is 0.133 e. The van der Waals surface area contributed by atoms with Crippen LogP contribution in [0.15, 0.2) is 40.7 Å². The Hall–Kier alpha value is -1.99. The fourth-order valence-electron chi connectivity index (χ4n) is 1.70. The third-order valence-electron chi connectivity index (χ3n) is 2.78. The summed E-state index contributed by atoms with van der Waals surface area (Å²) in [7, 11) is 0. The fraction of sp³-hybridized carbons (Fsp3) is 0.267. The van der Waals surface area contributed by atoms with Crippen LogP contribution in [0.5, 0.6) is 0 Å². The highest BCUT2D eigenvalue weighted by atomic mass is 32.1. The third-order valence-corrected chi connectivity index (χ3v) is 3.83. The van der Waals surface area contributed by atoms with Crippen LogP contribution in [0.3, 0.4) is 0 Å². The lowest BCUT2D eigenvalue weighted by Crippen LogP contribution is -1.99. The second kappa shape index (κ2) is 6.26. The van der Waals surface area contributed by atoms with Gasteiger partial charge in [-0.1, -0.05) is 30.3 Å². The monoisotopic (exact) mass is 269 g/mol. The number of aromatic nitrogens is 1. The molecule has 0 amide bonds. The molecule has 2 rings (SSSR count). The van der Waals surface area contributed by atoms with Gasteiger partial charge in [0.15, 0.2) is 0 Å². The van der Waals surface area contributed by atoms with Crippen LogP contribution < -0.4 is 0 Å². The summed E-state index contributed by atoms with van der Waals surface area (Å²) in [5.74, 6) is -0.357. The average molecular weight is 269 g/mol. The first-order valence-corrected chi connectivity index (χ1v) is 6.98. The van der Waals surface area contributed by atoms with E-state index in [0.717, 1.165) is 16.3 Å². The minimum Gasteiger partial charge on any atom is -0.288 e. The van der Waals surface area contributed by atoms with Gasteiger partial charge in [-0.25, -0.2) is 4.98 Å². The number of aliphatic imine (C=N–C) groups is 1. The van der Waals surface area contributed by atoms with Crippen LogP contribution in [0, 0.1) is 18.3 Å². The molecule has 4 heteroatoms. The molecule has 0 N–H and O–H groups in total. The van der Waals surface area contributed by atoms with Crippen molar-refractivity contribution < 1.29 is 0 Å². The summed E-state index contributed by atoms with van der Waals surface area (Å²) < 4.78 is 0. The first kappa shape index (κ1) is 13.4. The molecule has 0 aliphatic rings. The molecule has 1 aromatic carbocycles. The number of rotatable bonds is 4. The van der Waals surface area contributed by atoms with Crippen molar-refractivity contribution in [1.82, 2.24) is 4.98 Å². The number of hydrogen-bond donors (Lipinski definition) is 0. The number of nitriles is 1. The molecule has 0 spiro atoms. The molecule has 19 heavy (non-hydrogen) atoms. The van der Waals surface area contributed by atoms with Gasteiger partial charge < -0.3 is 0 Å². The van der Waals surface area contributed by atoms with E-state index in [1.54, 1.807) is 6.21 Å². The van der Waals surface area contributed by atoms with Gasteiger partial charge in [0, 0.05) is 17.3 Å². The minimum atomic E-state index is -0.357. The number of nitrogens with zero attached hydrogens (tertiary/aromatic N) is 3. The maximum absolute atomic E-state index is 9.20. The van der Waals surface area contributed by atoms with E-state index in [1.807, 2.05) is 49.6 Å². The summed E-state index contributed by atoms with van der Waals surface area (Å²) in [4.78, 5) is 8.81. The number of aryl methyl sites for hydroxylation is 1. The van der Waals surface area contributed by atoms with Crippen LogP contribution in [0.4, 0.5) is 0 Å². The maximum atomic E-state index is 9.20. The standard InChI is InChI=1S/C15H15N3S/c1-11-10-19-15(18-11)14(8-16)9-17-12(2)13-6-4-3-5-7-13/h3-7,9-10,12,14H,1-2H3/t12-,14-/m0/s1. The van der Waals surface area contributed by atoms with Crippen molar-refractivity contribution in [2.75, 3.05) is 0 Å². The van der Waals surface area contributed by atoms with Gasteiger partial charge in [0.05, 0.1) is 12.1 Å². The first-order valence-electron chi connectivity index (χ1n) is 6.10. The van der Waals surface area contributed by atoms with E-state index in [9.17, 15) is 5.26 Å². The molecule has 0 aliphatic carbocycles. The second-order valence-corrected chi connectivity index (χ2v) is 5.21. The summed E-state index contributed by atoms with van der Waals surface area (Å²) in [5.41, 5.74) is 2.09. The molecule has 1 heterocycles. The van der Waals surface area contributed by atoms with Gasteiger partial charge in [-0.2, -0.15) is 5.26 Å². The van der Waals surface area contributed by atoms with E-state index < -0.39 is 0 Å². The Balaban J connectivity index is 2.11. The summed E-state index contributed by atoms with van der Waals surface area (Å²) in [6.07, 6.45) is 1.70. The molecule has 3 nitrogen and oxygen atoms in total. The molecule has 2 aromatic rings. The van der Waals surface area contributed by atoms with Gasteiger partial charge in [0.1, 0.15) is 10.9 Å². The highest BCUT2D eigenvalue weighted by Crippen LogP contribution is 2.20. The Kier molecular flexibility index (Phi) is 4.43. The molecule has 0 saturated carbocycles. The zero-order chi connectivity index (χ0) is 13.7. The van der Waals surface area contributed by atoms with E-state index in [0.29, 0.717) is 0 Å². The maximum Gasteiger partial charge on any atom is 0.133 e. The van der Waals surface area contributed by atoms with Gasteiger partial charge in [-0.05, 0) is 19.4 Å². The molecule has 0 bridgehead atoms. The van der Waals surface area contributed by atoms with Crippen molar-refractivity contribution in [1.29, 1.82) is 5.26 Å². The number of thiazole rings is 1. The fourth-order valence-corrected chi connectivity index (χ4v) is 2.50. The number of benzene rings is 1. The molecule has 0 fully saturated rings. The summed E-state index contributed by atoms with van der Waals surface area (Å²) >= 11 is 1.50. The van der Waals surface area contributed by atoms with Crippen LogP contribution >= 0.6 is 11.3 Å². The van der Waals surface area contributed by atoms with E-state index in [4.69, 9.17) is 0 Å². The van der Waals surface area contributed by atoms with Crippen LogP contribution in [0.25, 0.3) is 0 Å². The Bertz CT molecular complexity index is 595. The van der Waals surface area contributed by atoms with Gasteiger partial charge in [-0.3, -0.25) is 4.99 Å². The Morgan fingerprint density at radius 1 is 1.37 bits per heavy atom. The van der Waals surface area contributed by atoms with Crippen molar-refractivity contribution in [2.45, 2.75) is 25.8 Å². The van der Waals surface area contributed by atoms with Crippen LogP contribution in [-0.2, 0) is 0 Å². The van der Waals surface area contributed by atoms with Crippen molar-refractivity contribution in [3.05, 3.63) is 52.0 Å². The Morgan fingerprint density at radius 2 is 2.11 bits per heavy atom. The molecule has 0 aliphatic heterocycles. The lowest BCUT2D eigenvalue weighted by Gasteiger charge is -2.06. The molecular weight excluding hydrogens is 254 g/mol. The third kappa shape index (κ3) is 3.49. The summed E-state index contributed by atoms with van der Waals surface area (Å²) in [6.45, 7) is 3.95. The predicted octanol–water partition coefficient (Wildman–Crippen LogP) is 3.89. The average Bonchev–Trinajstić information content (AvgIpc) is 2.87. The second-order valence-electron chi connectivity index (χ2n) is 4.32. The molecule has 0 saturated heterocycles. The highest BCUT2D eigenvalue weighted by Gasteiger charge is 2.12. The summed E-state index contributed by atoms with van der Waals surface area (Å²) in [6, 6.07) is 12.3. The van der Waals surface area contributed by atoms with Crippen LogP contribution in [0.2, 0.25) is 0 Å². The van der Waals surface area contributed by atoms with Crippen LogP contribution in [-0.4, -0.2) is 11.2 Å². The normalized spacial score (nSPS) is 14.2. The number of hydrogen-bond acceptors (Lipinski definition) is 4. The van der Waals surface area contributed by atoms with Gasteiger partial charge in [-0.15, -0.1) is 11.3 Å². The SMILES string of the molecule is Cc1csc([C@@H](C#N)C=N[C@@H](C)c2ccccc2)n1. The van der Waals surface area contributed by atoms with Crippen molar-refractivity contribution in [2.24, 2.45) is 4.99 Å². The van der Waals surface area contributed by atoms with E-state index >= 15 is 0 Å². The quantitative estimate of drug-likeness (QED) is 0.790. The molecule has 2 atom stereocenters. The topological polar surface area (TPSA) is 49.0 Å². The molecule has 1 aromatic heterocycles. The minimum absolute atomic E-state index is 0.0538. The van der Waals surface area contributed by atoms with E-state index in [2.05, 4.69) is 16.0 Å². The molecule has 0 unspecified atom stereocenters. The van der Waals surface area contributed by atoms with Crippen LogP contribution in [0.1, 0.15) is 35.1 Å². The van der Waals surface area contributed by atoms with Gasteiger partial charge in [0.2, 0.25) is 0 Å². The van der Waals surface area contributed by atoms with E-state index in [-0.39, 0.29) is 12.0 Å². The van der Waals surface area contributed by atoms with Crippen molar-refractivity contribution >= 4 is 17.6 Å². The van der Waals surface area contributed by atoms with Crippen molar-refractivity contribution in [3.8, 4) is 6.07 Å². The van der Waals surface area contributed by atoms with E-state index in [1.165, 1.54) is 11.3 Å². The predicted molar refractivity (Wildman–Crippen MR) is 78.6 cm³/mol. The zero-order valence-corrected chi connectivity index (χ0v) is 11.8. The van der Waals surface area contributed by atoms with Crippen molar-refractivity contribution in [3.63, 3.8) is 0 Å². The molecular formula is C15H15N3S.